The van der Waals surface area contributed by atoms with Gasteiger partial charge in [-0.15, -0.1) is 0 Å². The van der Waals surface area contributed by atoms with Crippen LogP contribution in [0.3, 0.4) is 0 Å². The van der Waals surface area contributed by atoms with Gasteiger partial charge in [0.05, 0.1) is 26.0 Å². The summed E-state index contributed by atoms with van der Waals surface area (Å²) >= 11 is 12.2. The Balaban J connectivity index is 2.23. The highest BCUT2D eigenvalue weighted by Gasteiger charge is 2.30. The van der Waals surface area contributed by atoms with Gasteiger partial charge in [-0.2, -0.15) is 0 Å². The molecule has 1 aromatic rings. The van der Waals surface area contributed by atoms with Gasteiger partial charge in [-0.1, -0.05) is 43.0 Å². The summed E-state index contributed by atoms with van der Waals surface area (Å²) in [5.74, 6) is 0. The maximum Gasteiger partial charge on any atom is 0.0592 e. The molecule has 1 N–H and O–H groups in total. The zero-order chi connectivity index (χ0) is 13.8. The molecule has 106 valence electrons. The maximum absolute atomic E-state index is 12.8. The highest BCUT2D eigenvalue weighted by Crippen LogP contribution is 2.31. The fraction of sp³-hybridized carbons (Fsp3) is 0.571. The van der Waals surface area contributed by atoms with Gasteiger partial charge in [0.25, 0.3) is 0 Å². The zero-order valence-corrected chi connectivity index (χ0v) is 13.3. The van der Waals surface area contributed by atoms with Crippen molar-refractivity contribution in [1.29, 1.82) is 0 Å². The topological polar surface area (TPSA) is 29.1 Å². The minimum Gasteiger partial charge on any atom is -0.313 e. The summed E-state index contributed by atoms with van der Waals surface area (Å²) in [5, 5.41) is 4.71. The molecule has 0 bridgehead atoms. The molecule has 0 saturated heterocycles. The number of nitrogens with one attached hydrogen (secondary N) is 1. The number of benzene rings is 1. The van der Waals surface area contributed by atoms with Gasteiger partial charge in [0.1, 0.15) is 0 Å². The first-order valence-corrected chi connectivity index (χ1v) is 8.69. The van der Waals surface area contributed by atoms with Crippen LogP contribution in [-0.4, -0.2) is 22.0 Å². The number of hydrogen-bond donors (Lipinski definition) is 1. The van der Waals surface area contributed by atoms with Crippen molar-refractivity contribution in [2.24, 2.45) is 0 Å². The highest BCUT2D eigenvalue weighted by atomic mass is 35.5. The molecule has 0 amide bonds. The number of halogens is 2. The van der Waals surface area contributed by atoms with E-state index in [1.807, 2.05) is 0 Å². The van der Waals surface area contributed by atoms with E-state index in [4.69, 9.17) is 23.2 Å². The van der Waals surface area contributed by atoms with Crippen LogP contribution in [0.5, 0.6) is 0 Å². The van der Waals surface area contributed by atoms with Gasteiger partial charge in [-0.3, -0.25) is 4.21 Å². The van der Waals surface area contributed by atoms with Crippen molar-refractivity contribution in [3.05, 3.63) is 28.2 Å². The first kappa shape index (κ1) is 15.3. The van der Waals surface area contributed by atoms with Gasteiger partial charge in [-0.05, 0) is 37.6 Å². The van der Waals surface area contributed by atoms with Gasteiger partial charge >= 0.3 is 0 Å². The lowest BCUT2D eigenvalue weighted by atomic mass is 9.95. The minimum atomic E-state index is -1.10. The van der Waals surface area contributed by atoms with E-state index in [1.54, 1.807) is 18.2 Å². The van der Waals surface area contributed by atoms with Crippen LogP contribution in [-0.2, 0) is 10.8 Å². The Hall–Kier alpha value is -0.0900. The van der Waals surface area contributed by atoms with Gasteiger partial charge in [-0.25, -0.2) is 0 Å². The average molecular weight is 320 g/mol. The molecule has 1 fully saturated rings. The van der Waals surface area contributed by atoms with Crippen molar-refractivity contribution >= 4 is 34.0 Å². The Kier molecular flexibility index (Phi) is 5.70. The predicted molar refractivity (Wildman–Crippen MR) is 82.6 cm³/mol. The molecule has 5 heteroatoms. The second-order valence-corrected chi connectivity index (χ2v) is 7.34. The second kappa shape index (κ2) is 7.07. The van der Waals surface area contributed by atoms with E-state index in [1.165, 1.54) is 6.42 Å². The van der Waals surface area contributed by atoms with Crippen LogP contribution < -0.4 is 5.32 Å². The van der Waals surface area contributed by atoms with Crippen molar-refractivity contribution in [2.75, 3.05) is 6.54 Å². The van der Waals surface area contributed by atoms with Crippen LogP contribution in [0.4, 0.5) is 0 Å². The normalized spacial score (nSPS) is 25.2. The molecule has 19 heavy (non-hydrogen) atoms. The molecule has 0 aromatic heterocycles. The maximum atomic E-state index is 12.8. The lowest BCUT2D eigenvalue weighted by Crippen LogP contribution is -2.44. The molecule has 0 heterocycles. The minimum absolute atomic E-state index is 0.129. The van der Waals surface area contributed by atoms with Gasteiger partial charge in [0.2, 0.25) is 0 Å². The summed E-state index contributed by atoms with van der Waals surface area (Å²) in [6.45, 7) is 2.99. The molecular formula is C14H19Cl2NOS. The molecule has 1 aliphatic carbocycles. The van der Waals surface area contributed by atoms with Crippen LogP contribution >= 0.6 is 23.2 Å². The van der Waals surface area contributed by atoms with E-state index in [2.05, 4.69) is 12.2 Å². The van der Waals surface area contributed by atoms with Crippen molar-refractivity contribution in [2.45, 2.75) is 48.8 Å². The molecule has 0 spiro atoms. The standard InChI is InChI=1S/C14H19Cl2NOS/c1-2-17-12-5-3-4-6-13(12)19(18)14-9-10(15)7-8-11(14)16/h7-9,12-13,17H,2-6H2,1H3. The first-order chi connectivity index (χ1) is 9.13. The van der Waals surface area contributed by atoms with Crippen molar-refractivity contribution in [3.63, 3.8) is 0 Å². The zero-order valence-electron chi connectivity index (χ0n) is 11.0. The van der Waals surface area contributed by atoms with E-state index in [-0.39, 0.29) is 5.25 Å². The fourth-order valence-corrected chi connectivity index (χ4v) is 4.97. The molecule has 1 aliphatic rings. The Bertz CT molecular complexity index is 465. The van der Waals surface area contributed by atoms with Crippen LogP contribution in [0.1, 0.15) is 32.6 Å². The van der Waals surface area contributed by atoms with E-state index >= 15 is 0 Å². The third-order valence-electron chi connectivity index (χ3n) is 3.55. The van der Waals surface area contributed by atoms with Crippen molar-refractivity contribution < 1.29 is 4.21 Å². The van der Waals surface area contributed by atoms with Gasteiger partial charge < -0.3 is 5.32 Å². The number of hydrogen-bond acceptors (Lipinski definition) is 2. The Morgan fingerprint density at radius 2 is 2.05 bits per heavy atom. The third-order valence-corrected chi connectivity index (χ3v) is 6.12. The van der Waals surface area contributed by atoms with E-state index in [0.717, 1.165) is 25.8 Å². The molecule has 1 aromatic carbocycles. The first-order valence-electron chi connectivity index (χ1n) is 6.72. The largest absolute Gasteiger partial charge is 0.313 e. The van der Waals surface area contributed by atoms with Gasteiger partial charge in [0.15, 0.2) is 0 Å². The summed E-state index contributed by atoms with van der Waals surface area (Å²) in [5.41, 5.74) is 0. The van der Waals surface area contributed by atoms with Crippen molar-refractivity contribution in [3.8, 4) is 0 Å². The molecule has 2 rings (SSSR count). The quantitative estimate of drug-likeness (QED) is 0.908. The lowest BCUT2D eigenvalue weighted by Gasteiger charge is -2.31. The predicted octanol–water partition coefficient (Wildman–Crippen LogP) is 4.02. The van der Waals surface area contributed by atoms with E-state index < -0.39 is 10.8 Å². The summed E-state index contributed by atoms with van der Waals surface area (Å²) < 4.78 is 12.8. The molecule has 1 saturated carbocycles. The van der Waals surface area contributed by atoms with E-state index in [9.17, 15) is 4.21 Å². The van der Waals surface area contributed by atoms with Crippen LogP contribution in [0, 0.1) is 0 Å². The van der Waals surface area contributed by atoms with Gasteiger partial charge in [0, 0.05) is 11.1 Å². The fourth-order valence-electron chi connectivity index (χ4n) is 2.64. The smallest absolute Gasteiger partial charge is 0.0592 e. The monoisotopic (exact) mass is 319 g/mol. The molecular weight excluding hydrogens is 301 g/mol. The lowest BCUT2D eigenvalue weighted by molar-refractivity contribution is 0.385. The molecule has 3 unspecified atom stereocenters. The Labute approximate surface area is 127 Å². The van der Waals surface area contributed by atoms with E-state index in [0.29, 0.717) is 21.0 Å². The SMILES string of the molecule is CCNC1CCCCC1S(=O)c1cc(Cl)ccc1Cl. The summed E-state index contributed by atoms with van der Waals surface area (Å²) in [7, 11) is -1.10. The van der Waals surface area contributed by atoms with Crippen molar-refractivity contribution in [1.82, 2.24) is 5.32 Å². The molecule has 2 nitrogen and oxygen atoms in total. The summed E-state index contributed by atoms with van der Waals surface area (Å²) in [4.78, 5) is 0.670. The third kappa shape index (κ3) is 3.72. The summed E-state index contributed by atoms with van der Waals surface area (Å²) in [6, 6.07) is 5.50. The Morgan fingerprint density at radius 1 is 1.32 bits per heavy atom. The molecule has 0 aliphatic heterocycles. The molecule has 0 radical (unpaired) electrons. The van der Waals surface area contributed by atoms with Crippen LogP contribution in [0.15, 0.2) is 23.1 Å². The highest BCUT2D eigenvalue weighted by molar-refractivity contribution is 7.85. The van der Waals surface area contributed by atoms with Crippen LogP contribution in [0.2, 0.25) is 10.0 Å². The summed E-state index contributed by atoms with van der Waals surface area (Å²) in [6.07, 6.45) is 4.40. The average Bonchev–Trinajstić information content (AvgIpc) is 2.42. The Morgan fingerprint density at radius 3 is 2.79 bits per heavy atom. The molecule has 3 atom stereocenters. The number of rotatable bonds is 4. The second-order valence-electron chi connectivity index (χ2n) is 4.86. The van der Waals surface area contributed by atoms with Crippen LogP contribution in [0.25, 0.3) is 0 Å².